The molecule has 2 aromatic rings. The van der Waals surface area contributed by atoms with E-state index in [4.69, 9.17) is 0 Å². The summed E-state index contributed by atoms with van der Waals surface area (Å²) >= 11 is 0. The number of hydrogen-bond acceptors (Lipinski definition) is 4. The topological polar surface area (TPSA) is 57.7 Å². The van der Waals surface area contributed by atoms with E-state index in [1.54, 1.807) is 12.5 Å². The van der Waals surface area contributed by atoms with Gasteiger partial charge in [-0.2, -0.15) is 5.10 Å². The Balaban J connectivity index is 1.92. The van der Waals surface area contributed by atoms with Crippen LogP contribution in [0.25, 0.3) is 0 Å². The minimum absolute atomic E-state index is 0.842. The fraction of sp³-hybridized carbons (Fsp3) is 0.364. The second kappa shape index (κ2) is 3.59. The van der Waals surface area contributed by atoms with Gasteiger partial charge in [-0.1, -0.05) is 0 Å². The highest BCUT2D eigenvalue weighted by Crippen LogP contribution is 2.22. The number of aromatic amines is 1. The van der Waals surface area contributed by atoms with Gasteiger partial charge >= 0.3 is 0 Å². The molecule has 0 unspecified atom stereocenters. The van der Waals surface area contributed by atoms with Crippen LogP contribution in [-0.4, -0.2) is 26.7 Å². The van der Waals surface area contributed by atoms with E-state index >= 15 is 0 Å². The lowest BCUT2D eigenvalue weighted by Crippen LogP contribution is -2.31. The number of nitrogens with zero attached hydrogens (tertiary/aromatic N) is 4. The summed E-state index contributed by atoms with van der Waals surface area (Å²) in [6.07, 6.45) is 4.46. The number of hydrogen-bond donors (Lipinski definition) is 1. The Labute approximate surface area is 93.5 Å². The monoisotopic (exact) mass is 215 g/mol. The number of H-pyrrole nitrogens is 1. The van der Waals surface area contributed by atoms with Crippen molar-refractivity contribution in [2.45, 2.75) is 19.9 Å². The van der Waals surface area contributed by atoms with Gasteiger partial charge in [0.2, 0.25) is 0 Å². The Morgan fingerprint density at radius 1 is 1.44 bits per heavy atom. The van der Waals surface area contributed by atoms with Crippen molar-refractivity contribution in [1.82, 2.24) is 20.2 Å². The Kier molecular flexibility index (Phi) is 2.09. The summed E-state index contributed by atoms with van der Waals surface area (Å²) < 4.78 is 0. The first-order chi connectivity index (χ1) is 7.84. The van der Waals surface area contributed by atoms with Crippen LogP contribution in [0.1, 0.15) is 17.0 Å². The molecular formula is C11H13N5. The van der Waals surface area contributed by atoms with Crippen molar-refractivity contribution in [2.75, 3.05) is 11.4 Å². The van der Waals surface area contributed by atoms with Crippen LogP contribution in [-0.2, 0) is 13.0 Å². The minimum Gasteiger partial charge on any atom is -0.349 e. The van der Waals surface area contributed by atoms with Crippen molar-refractivity contribution in [3.05, 3.63) is 35.5 Å². The van der Waals surface area contributed by atoms with E-state index in [0.717, 1.165) is 30.9 Å². The molecule has 3 rings (SSSR count). The van der Waals surface area contributed by atoms with E-state index < -0.39 is 0 Å². The summed E-state index contributed by atoms with van der Waals surface area (Å²) in [4.78, 5) is 9.70. The van der Waals surface area contributed by atoms with Crippen LogP contribution >= 0.6 is 0 Å². The van der Waals surface area contributed by atoms with Crippen molar-refractivity contribution in [3.63, 3.8) is 0 Å². The van der Waals surface area contributed by atoms with Gasteiger partial charge in [0.15, 0.2) is 5.82 Å². The maximum absolute atomic E-state index is 4.29. The molecule has 0 bridgehead atoms. The van der Waals surface area contributed by atoms with Gasteiger partial charge in [0.05, 0.1) is 30.5 Å². The van der Waals surface area contributed by atoms with Gasteiger partial charge in [-0.3, -0.25) is 0 Å². The third-order valence-corrected chi connectivity index (χ3v) is 2.97. The largest absolute Gasteiger partial charge is 0.349 e. The summed E-state index contributed by atoms with van der Waals surface area (Å²) in [5, 5.41) is 8.15. The molecule has 0 fully saturated rings. The highest BCUT2D eigenvalue weighted by molar-refractivity contribution is 5.46. The molecule has 1 aliphatic rings. The molecule has 0 spiro atoms. The first-order valence-corrected chi connectivity index (χ1v) is 5.39. The summed E-state index contributed by atoms with van der Waals surface area (Å²) in [6, 6.07) is 1.99. The van der Waals surface area contributed by atoms with E-state index in [1.807, 2.05) is 6.07 Å². The fourth-order valence-corrected chi connectivity index (χ4v) is 2.09. The SMILES string of the molecule is Cc1ccnnc1N1CCc2nc[nH]c2C1. The summed E-state index contributed by atoms with van der Waals surface area (Å²) in [6.45, 7) is 3.86. The van der Waals surface area contributed by atoms with Crippen LogP contribution in [0.5, 0.6) is 0 Å². The lowest BCUT2D eigenvalue weighted by Gasteiger charge is -2.27. The molecule has 0 radical (unpaired) electrons. The minimum atomic E-state index is 0.842. The second-order valence-electron chi connectivity index (χ2n) is 4.04. The molecule has 0 saturated heterocycles. The Hall–Kier alpha value is -1.91. The zero-order valence-corrected chi connectivity index (χ0v) is 9.14. The second-order valence-corrected chi connectivity index (χ2v) is 4.04. The molecule has 0 aliphatic carbocycles. The number of imidazole rings is 1. The van der Waals surface area contributed by atoms with Gasteiger partial charge in [-0.05, 0) is 18.6 Å². The van der Waals surface area contributed by atoms with Crippen LogP contribution < -0.4 is 4.90 Å². The van der Waals surface area contributed by atoms with E-state index in [2.05, 4.69) is 32.0 Å². The molecule has 0 atom stereocenters. The van der Waals surface area contributed by atoms with Crippen LogP contribution in [0.2, 0.25) is 0 Å². The average Bonchev–Trinajstić information content (AvgIpc) is 2.76. The standard InChI is InChI=1S/C11H13N5/c1-8-2-4-14-15-11(8)16-5-3-9-10(6-16)13-7-12-9/h2,4,7H,3,5-6H2,1H3,(H,12,13). The molecule has 0 saturated carbocycles. The number of nitrogens with one attached hydrogen (secondary N) is 1. The number of rotatable bonds is 1. The normalized spacial score (nSPS) is 14.9. The Bertz CT molecular complexity index is 505. The van der Waals surface area contributed by atoms with Gasteiger partial charge < -0.3 is 9.88 Å². The summed E-state index contributed by atoms with van der Waals surface area (Å²) in [5.74, 6) is 0.975. The maximum Gasteiger partial charge on any atom is 0.154 e. The predicted molar refractivity (Wildman–Crippen MR) is 60.1 cm³/mol. The van der Waals surface area contributed by atoms with Crippen molar-refractivity contribution in [3.8, 4) is 0 Å². The fourth-order valence-electron chi connectivity index (χ4n) is 2.09. The molecule has 3 heterocycles. The summed E-state index contributed by atoms with van der Waals surface area (Å²) in [5.41, 5.74) is 3.53. The molecule has 2 aromatic heterocycles. The first kappa shape index (κ1) is 9.33. The number of aromatic nitrogens is 4. The first-order valence-electron chi connectivity index (χ1n) is 5.39. The van der Waals surface area contributed by atoms with Crippen LogP contribution in [0.15, 0.2) is 18.6 Å². The van der Waals surface area contributed by atoms with Crippen molar-refractivity contribution < 1.29 is 0 Å². The molecular weight excluding hydrogens is 202 g/mol. The molecule has 5 heteroatoms. The number of aryl methyl sites for hydroxylation is 1. The summed E-state index contributed by atoms with van der Waals surface area (Å²) in [7, 11) is 0. The molecule has 1 N–H and O–H groups in total. The molecule has 0 amide bonds. The van der Waals surface area contributed by atoms with Gasteiger partial charge in [0, 0.05) is 13.0 Å². The third kappa shape index (κ3) is 1.44. The molecule has 16 heavy (non-hydrogen) atoms. The molecule has 82 valence electrons. The van der Waals surface area contributed by atoms with Crippen LogP contribution in [0, 0.1) is 6.92 Å². The van der Waals surface area contributed by atoms with Crippen molar-refractivity contribution in [1.29, 1.82) is 0 Å². The number of fused-ring (bicyclic) bond motifs is 1. The zero-order chi connectivity index (χ0) is 11.0. The Morgan fingerprint density at radius 3 is 3.25 bits per heavy atom. The van der Waals surface area contributed by atoms with E-state index in [9.17, 15) is 0 Å². The third-order valence-electron chi connectivity index (χ3n) is 2.97. The van der Waals surface area contributed by atoms with Gasteiger partial charge in [-0.15, -0.1) is 5.10 Å². The molecule has 1 aliphatic heterocycles. The molecule has 5 nitrogen and oxygen atoms in total. The lowest BCUT2D eigenvalue weighted by molar-refractivity contribution is 0.691. The van der Waals surface area contributed by atoms with Crippen LogP contribution in [0.3, 0.4) is 0 Å². The molecule has 0 aromatic carbocycles. The lowest BCUT2D eigenvalue weighted by atomic mass is 10.1. The predicted octanol–water partition coefficient (Wildman–Crippen LogP) is 1.07. The quantitative estimate of drug-likeness (QED) is 0.773. The van der Waals surface area contributed by atoms with Gasteiger partial charge in [0.1, 0.15) is 0 Å². The van der Waals surface area contributed by atoms with Crippen molar-refractivity contribution in [2.24, 2.45) is 0 Å². The maximum atomic E-state index is 4.29. The van der Waals surface area contributed by atoms with E-state index in [1.165, 1.54) is 11.4 Å². The smallest absolute Gasteiger partial charge is 0.154 e. The van der Waals surface area contributed by atoms with Gasteiger partial charge in [0.25, 0.3) is 0 Å². The number of anilines is 1. The van der Waals surface area contributed by atoms with E-state index in [0.29, 0.717) is 0 Å². The highest BCUT2D eigenvalue weighted by Gasteiger charge is 2.20. The van der Waals surface area contributed by atoms with Crippen molar-refractivity contribution >= 4 is 5.82 Å². The van der Waals surface area contributed by atoms with E-state index in [-0.39, 0.29) is 0 Å². The average molecular weight is 215 g/mol. The van der Waals surface area contributed by atoms with Crippen LogP contribution in [0.4, 0.5) is 5.82 Å². The highest BCUT2D eigenvalue weighted by atomic mass is 15.3. The zero-order valence-electron chi connectivity index (χ0n) is 9.14. The Morgan fingerprint density at radius 2 is 2.38 bits per heavy atom. The van der Waals surface area contributed by atoms with Gasteiger partial charge in [-0.25, -0.2) is 4.98 Å².